The van der Waals surface area contributed by atoms with Gasteiger partial charge in [-0.15, -0.1) is 0 Å². The molecule has 94 valence electrons. The molecule has 0 bridgehead atoms. The highest BCUT2D eigenvalue weighted by atomic mass is 19.1. The maximum Gasteiger partial charge on any atom is 0.128 e. The van der Waals surface area contributed by atoms with Crippen LogP contribution in [0.3, 0.4) is 0 Å². The highest BCUT2D eigenvalue weighted by molar-refractivity contribution is 5.49. The molecule has 0 amide bonds. The lowest BCUT2D eigenvalue weighted by molar-refractivity contribution is 0.411. The first-order valence-electron chi connectivity index (χ1n) is 5.51. The first-order valence-corrected chi connectivity index (χ1v) is 5.51. The minimum Gasteiger partial charge on any atom is -0.497 e. The third-order valence-corrected chi connectivity index (χ3v) is 2.55. The maximum absolute atomic E-state index is 13.4. The summed E-state index contributed by atoms with van der Waals surface area (Å²) in [7, 11) is 1.47. The molecule has 0 heterocycles. The van der Waals surface area contributed by atoms with Gasteiger partial charge in [-0.1, -0.05) is 18.2 Å². The smallest absolute Gasteiger partial charge is 0.128 e. The van der Waals surface area contributed by atoms with E-state index in [2.05, 4.69) is 5.32 Å². The van der Waals surface area contributed by atoms with E-state index in [1.807, 2.05) is 0 Å². The van der Waals surface area contributed by atoms with E-state index in [1.165, 1.54) is 25.3 Å². The molecule has 0 aromatic heterocycles. The molecule has 1 N–H and O–H groups in total. The zero-order valence-corrected chi connectivity index (χ0v) is 9.91. The molecule has 2 rings (SSSR count). The molecular weight excluding hydrogens is 236 g/mol. The number of ether oxygens (including phenoxy) is 1. The number of anilines is 1. The summed E-state index contributed by atoms with van der Waals surface area (Å²) in [5.41, 5.74) is 1.08. The van der Waals surface area contributed by atoms with Crippen molar-refractivity contribution in [1.29, 1.82) is 0 Å². The summed E-state index contributed by atoms with van der Waals surface area (Å²) in [4.78, 5) is 0. The molecule has 0 unspecified atom stereocenters. The summed E-state index contributed by atoms with van der Waals surface area (Å²) in [5.74, 6) is -0.259. The molecular formula is C14H13F2NO. The van der Waals surface area contributed by atoms with Gasteiger partial charge in [-0.3, -0.25) is 0 Å². The molecule has 4 heteroatoms. The van der Waals surface area contributed by atoms with Gasteiger partial charge in [0.15, 0.2) is 0 Å². The second-order valence-corrected chi connectivity index (χ2v) is 3.82. The fraction of sp³-hybridized carbons (Fsp3) is 0.143. The maximum atomic E-state index is 13.4. The molecule has 0 saturated heterocycles. The lowest BCUT2D eigenvalue weighted by atomic mass is 10.2. The van der Waals surface area contributed by atoms with Crippen LogP contribution >= 0.6 is 0 Å². The van der Waals surface area contributed by atoms with E-state index >= 15 is 0 Å². The van der Waals surface area contributed by atoms with Crippen LogP contribution in [0.2, 0.25) is 0 Å². The van der Waals surface area contributed by atoms with Crippen molar-refractivity contribution in [2.24, 2.45) is 0 Å². The highest BCUT2D eigenvalue weighted by Gasteiger charge is 2.03. The zero-order valence-electron chi connectivity index (χ0n) is 9.91. The number of benzene rings is 2. The van der Waals surface area contributed by atoms with Crippen LogP contribution in [0, 0.1) is 11.6 Å². The molecule has 2 nitrogen and oxygen atoms in total. The minimum atomic E-state index is -0.398. The standard InChI is InChI=1S/C14H13F2NO/c1-18-13-7-11(15)6-12(8-13)17-9-10-4-2-3-5-14(10)16/h2-8,17H,9H2,1H3. The van der Waals surface area contributed by atoms with Crippen molar-refractivity contribution in [3.8, 4) is 5.75 Å². The SMILES string of the molecule is COc1cc(F)cc(NCc2ccccc2F)c1. The molecule has 0 fully saturated rings. The van der Waals surface area contributed by atoms with Crippen molar-refractivity contribution in [2.75, 3.05) is 12.4 Å². The molecule has 0 aliphatic carbocycles. The lowest BCUT2D eigenvalue weighted by Crippen LogP contribution is -2.02. The number of hydrogen-bond acceptors (Lipinski definition) is 2. The quantitative estimate of drug-likeness (QED) is 0.894. The summed E-state index contributed by atoms with van der Waals surface area (Å²) in [6, 6.07) is 10.7. The Morgan fingerprint density at radius 2 is 1.89 bits per heavy atom. The van der Waals surface area contributed by atoms with E-state index < -0.39 is 5.82 Å². The van der Waals surface area contributed by atoms with Crippen LogP contribution in [0.15, 0.2) is 42.5 Å². The summed E-state index contributed by atoms with van der Waals surface area (Å²) in [6.07, 6.45) is 0. The Balaban J connectivity index is 2.11. The summed E-state index contributed by atoms with van der Waals surface area (Å²) in [6.45, 7) is 0.291. The predicted molar refractivity (Wildman–Crippen MR) is 66.7 cm³/mol. The van der Waals surface area contributed by atoms with Crippen LogP contribution in [0.5, 0.6) is 5.75 Å². The summed E-state index contributed by atoms with van der Waals surface area (Å²) in [5, 5.41) is 2.96. The molecule has 18 heavy (non-hydrogen) atoms. The minimum absolute atomic E-state index is 0.284. The second-order valence-electron chi connectivity index (χ2n) is 3.82. The van der Waals surface area contributed by atoms with E-state index in [9.17, 15) is 8.78 Å². The normalized spacial score (nSPS) is 10.2. The molecule has 0 saturated carbocycles. The molecule has 2 aromatic carbocycles. The van der Waals surface area contributed by atoms with Crippen LogP contribution in [0.25, 0.3) is 0 Å². The molecule has 2 aromatic rings. The fourth-order valence-corrected chi connectivity index (χ4v) is 1.62. The second kappa shape index (κ2) is 5.49. The fourth-order valence-electron chi connectivity index (χ4n) is 1.62. The monoisotopic (exact) mass is 249 g/mol. The van der Waals surface area contributed by atoms with E-state index in [0.717, 1.165) is 0 Å². The Morgan fingerprint density at radius 1 is 1.11 bits per heavy atom. The van der Waals surface area contributed by atoms with Gasteiger partial charge >= 0.3 is 0 Å². The van der Waals surface area contributed by atoms with Gasteiger partial charge in [0.05, 0.1) is 7.11 Å². The van der Waals surface area contributed by atoms with Crippen LogP contribution < -0.4 is 10.1 Å². The Bertz CT molecular complexity index is 543. The van der Waals surface area contributed by atoms with Gasteiger partial charge in [0.25, 0.3) is 0 Å². The summed E-state index contributed by atoms with van der Waals surface area (Å²) >= 11 is 0. The van der Waals surface area contributed by atoms with Crippen molar-refractivity contribution in [3.05, 3.63) is 59.7 Å². The number of nitrogens with one attached hydrogen (secondary N) is 1. The first kappa shape index (κ1) is 12.4. The number of rotatable bonds is 4. The van der Waals surface area contributed by atoms with Crippen LogP contribution in [-0.4, -0.2) is 7.11 Å². The average Bonchev–Trinajstić information content (AvgIpc) is 2.37. The van der Waals surface area contributed by atoms with Gasteiger partial charge in [0, 0.05) is 29.9 Å². The van der Waals surface area contributed by atoms with Gasteiger partial charge < -0.3 is 10.1 Å². The third kappa shape index (κ3) is 2.97. The van der Waals surface area contributed by atoms with E-state index in [1.54, 1.807) is 24.3 Å². The van der Waals surface area contributed by atoms with Gasteiger partial charge in [0.1, 0.15) is 17.4 Å². The number of hydrogen-bond donors (Lipinski definition) is 1. The Hall–Kier alpha value is -2.10. The van der Waals surface area contributed by atoms with Crippen molar-refractivity contribution >= 4 is 5.69 Å². The first-order chi connectivity index (χ1) is 8.69. The van der Waals surface area contributed by atoms with E-state index in [0.29, 0.717) is 23.5 Å². The van der Waals surface area contributed by atoms with Crippen LogP contribution in [0.4, 0.5) is 14.5 Å². The van der Waals surface area contributed by atoms with E-state index in [4.69, 9.17) is 4.74 Å². The van der Waals surface area contributed by atoms with E-state index in [-0.39, 0.29) is 5.82 Å². The number of halogens is 2. The lowest BCUT2D eigenvalue weighted by Gasteiger charge is -2.09. The molecule has 0 spiro atoms. The predicted octanol–water partition coefficient (Wildman–Crippen LogP) is 3.59. The molecule has 0 atom stereocenters. The van der Waals surface area contributed by atoms with Crippen LogP contribution in [-0.2, 0) is 6.54 Å². The van der Waals surface area contributed by atoms with Crippen molar-refractivity contribution < 1.29 is 13.5 Å². The average molecular weight is 249 g/mol. The molecule has 0 aliphatic rings. The topological polar surface area (TPSA) is 21.3 Å². The molecule has 0 radical (unpaired) electrons. The summed E-state index contributed by atoms with van der Waals surface area (Å²) < 4.78 is 31.6. The Morgan fingerprint density at radius 3 is 2.61 bits per heavy atom. The van der Waals surface area contributed by atoms with Gasteiger partial charge in [0.2, 0.25) is 0 Å². The third-order valence-electron chi connectivity index (χ3n) is 2.55. The number of methoxy groups -OCH3 is 1. The van der Waals surface area contributed by atoms with Gasteiger partial charge in [-0.05, 0) is 12.1 Å². The Labute approximate surface area is 104 Å². The van der Waals surface area contributed by atoms with Crippen molar-refractivity contribution in [2.45, 2.75) is 6.54 Å². The van der Waals surface area contributed by atoms with Crippen LogP contribution in [0.1, 0.15) is 5.56 Å². The van der Waals surface area contributed by atoms with Crippen molar-refractivity contribution in [3.63, 3.8) is 0 Å². The van der Waals surface area contributed by atoms with Crippen molar-refractivity contribution in [1.82, 2.24) is 0 Å². The van der Waals surface area contributed by atoms with Gasteiger partial charge in [-0.25, -0.2) is 8.78 Å². The zero-order chi connectivity index (χ0) is 13.0. The molecule has 0 aliphatic heterocycles. The van der Waals surface area contributed by atoms with Gasteiger partial charge in [-0.2, -0.15) is 0 Å². The highest BCUT2D eigenvalue weighted by Crippen LogP contribution is 2.20. The Kier molecular flexibility index (Phi) is 3.77. The largest absolute Gasteiger partial charge is 0.497 e.